The van der Waals surface area contributed by atoms with E-state index in [2.05, 4.69) is 24.1 Å². The lowest BCUT2D eigenvalue weighted by Gasteiger charge is -2.21. The van der Waals surface area contributed by atoms with Gasteiger partial charge in [-0.1, -0.05) is 38.5 Å². The van der Waals surface area contributed by atoms with Gasteiger partial charge in [-0.15, -0.1) is 0 Å². The van der Waals surface area contributed by atoms with Gasteiger partial charge in [-0.2, -0.15) is 11.8 Å². The molecule has 1 unspecified atom stereocenters. The van der Waals surface area contributed by atoms with Gasteiger partial charge in [-0.05, 0) is 32.2 Å². The fourth-order valence-electron chi connectivity index (χ4n) is 3.22. The molecule has 0 saturated heterocycles. The predicted molar refractivity (Wildman–Crippen MR) is 74.1 cm³/mol. The first-order valence-corrected chi connectivity index (χ1v) is 8.22. The molecule has 2 saturated carbocycles. The molecule has 2 aliphatic rings. The zero-order valence-electron chi connectivity index (χ0n) is 10.7. The molecule has 0 spiro atoms. The first-order valence-electron chi connectivity index (χ1n) is 7.17. The van der Waals surface area contributed by atoms with Crippen LogP contribution in [0.2, 0.25) is 0 Å². The van der Waals surface area contributed by atoms with Gasteiger partial charge in [0.1, 0.15) is 0 Å². The summed E-state index contributed by atoms with van der Waals surface area (Å²) in [6.07, 6.45) is 13.3. The quantitative estimate of drug-likeness (QED) is 0.758. The number of thioether (sulfide) groups is 1. The maximum atomic E-state index is 3.53. The molecule has 94 valence electrons. The molecule has 0 radical (unpaired) electrons. The highest BCUT2D eigenvalue weighted by molar-refractivity contribution is 7.99. The van der Waals surface area contributed by atoms with Gasteiger partial charge in [-0.25, -0.2) is 0 Å². The maximum absolute atomic E-state index is 3.53. The van der Waals surface area contributed by atoms with Crippen LogP contribution in [0.3, 0.4) is 0 Å². The van der Waals surface area contributed by atoms with Crippen molar-refractivity contribution >= 4 is 11.8 Å². The van der Waals surface area contributed by atoms with Crippen molar-refractivity contribution in [2.24, 2.45) is 5.92 Å². The fraction of sp³-hybridized carbons (Fsp3) is 1.00. The predicted octanol–water partition coefficient (Wildman–Crippen LogP) is 3.83. The lowest BCUT2D eigenvalue weighted by molar-refractivity contribution is 0.427. The van der Waals surface area contributed by atoms with Gasteiger partial charge in [0.05, 0.1) is 0 Å². The van der Waals surface area contributed by atoms with Crippen molar-refractivity contribution in [1.29, 1.82) is 0 Å². The van der Waals surface area contributed by atoms with Crippen LogP contribution in [0.1, 0.15) is 57.8 Å². The molecule has 2 fully saturated rings. The van der Waals surface area contributed by atoms with E-state index in [9.17, 15) is 0 Å². The third-order valence-corrected chi connectivity index (χ3v) is 5.87. The average Bonchev–Trinajstić information content (AvgIpc) is 2.97. The molecule has 1 N–H and O–H groups in total. The zero-order valence-corrected chi connectivity index (χ0v) is 11.5. The summed E-state index contributed by atoms with van der Waals surface area (Å²) in [5, 5.41) is 4.52. The third-order valence-electron chi connectivity index (χ3n) is 4.34. The lowest BCUT2D eigenvalue weighted by atomic mass is 9.99. The van der Waals surface area contributed by atoms with Gasteiger partial charge in [0, 0.05) is 17.0 Å². The Morgan fingerprint density at radius 3 is 2.31 bits per heavy atom. The summed E-state index contributed by atoms with van der Waals surface area (Å²) in [7, 11) is 2.15. The smallest absolute Gasteiger partial charge is 0.0157 e. The highest BCUT2D eigenvalue weighted by atomic mass is 32.2. The summed E-state index contributed by atoms with van der Waals surface area (Å²) in [5.74, 6) is 2.37. The van der Waals surface area contributed by atoms with Gasteiger partial charge in [0.25, 0.3) is 0 Å². The highest BCUT2D eigenvalue weighted by Gasteiger charge is 2.21. The topological polar surface area (TPSA) is 12.0 Å². The van der Waals surface area contributed by atoms with E-state index < -0.39 is 0 Å². The molecular weight excluding hydrogens is 214 g/mol. The molecular formula is C14H27NS. The van der Waals surface area contributed by atoms with E-state index in [1.165, 1.54) is 63.5 Å². The molecule has 0 aromatic heterocycles. The van der Waals surface area contributed by atoms with Crippen LogP contribution in [0, 0.1) is 5.92 Å². The zero-order chi connectivity index (χ0) is 11.2. The van der Waals surface area contributed by atoms with Crippen LogP contribution >= 0.6 is 11.8 Å². The van der Waals surface area contributed by atoms with Crippen LogP contribution in [0.4, 0.5) is 0 Å². The minimum Gasteiger partial charge on any atom is -0.316 e. The van der Waals surface area contributed by atoms with E-state index in [4.69, 9.17) is 0 Å². The maximum Gasteiger partial charge on any atom is 0.0157 e. The van der Waals surface area contributed by atoms with Crippen molar-refractivity contribution < 1.29 is 0 Å². The van der Waals surface area contributed by atoms with Crippen LogP contribution in [0.15, 0.2) is 0 Å². The average molecular weight is 241 g/mol. The monoisotopic (exact) mass is 241 g/mol. The Bertz CT molecular complexity index is 183. The van der Waals surface area contributed by atoms with Crippen molar-refractivity contribution in [3.63, 3.8) is 0 Å². The minimum absolute atomic E-state index is 0.772. The minimum atomic E-state index is 0.772. The second kappa shape index (κ2) is 6.90. The van der Waals surface area contributed by atoms with Crippen LogP contribution in [-0.2, 0) is 0 Å². The number of nitrogens with one attached hydrogen (secondary N) is 1. The highest BCUT2D eigenvalue weighted by Crippen LogP contribution is 2.32. The molecule has 2 aliphatic carbocycles. The summed E-state index contributed by atoms with van der Waals surface area (Å²) < 4.78 is 0. The number of rotatable bonds is 6. The Kier molecular flexibility index (Phi) is 5.51. The Morgan fingerprint density at radius 2 is 1.69 bits per heavy atom. The Labute approximate surface area is 105 Å². The van der Waals surface area contributed by atoms with E-state index in [-0.39, 0.29) is 0 Å². The van der Waals surface area contributed by atoms with Crippen molar-refractivity contribution in [3.8, 4) is 0 Å². The summed E-state index contributed by atoms with van der Waals surface area (Å²) in [5.41, 5.74) is 0. The molecule has 0 heterocycles. The van der Waals surface area contributed by atoms with Crippen molar-refractivity contribution in [1.82, 2.24) is 5.32 Å². The first kappa shape index (κ1) is 12.8. The van der Waals surface area contributed by atoms with E-state index in [1.807, 2.05) is 0 Å². The molecule has 0 aromatic rings. The Hall–Kier alpha value is 0.310. The molecule has 1 atom stereocenters. The molecule has 16 heavy (non-hydrogen) atoms. The largest absolute Gasteiger partial charge is 0.316 e. The van der Waals surface area contributed by atoms with Gasteiger partial charge < -0.3 is 5.32 Å². The molecule has 0 amide bonds. The summed E-state index contributed by atoms with van der Waals surface area (Å²) in [6.45, 7) is 0. The van der Waals surface area contributed by atoms with Crippen molar-refractivity contribution in [2.45, 2.75) is 69.1 Å². The van der Waals surface area contributed by atoms with Gasteiger partial charge in [0.2, 0.25) is 0 Å². The molecule has 1 nitrogen and oxygen atoms in total. The molecule has 0 aromatic carbocycles. The number of hydrogen-bond acceptors (Lipinski definition) is 2. The SMILES string of the molecule is CNC(CSC1CCCC1)CC1CCCC1. The molecule has 0 aliphatic heterocycles. The van der Waals surface area contributed by atoms with Gasteiger partial charge in [0.15, 0.2) is 0 Å². The second-order valence-corrected chi connectivity index (χ2v) is 6.94. The lowest BCUT2D eigenvalue weighted by Crippen LogP contribution is -2.30. The summed E-state index contributed by atoms with van der Waals surface area (Å²) in [6, 6.07) is 0.772. The van der Waals surface area contributed by atoms with Crippen LogP contribution in [-0.4, -0.2) is 24.1 Å². The van der Waals surface area contributed by atoms with E-state index in [0.717, 1.165) is 17.2 Å². The van der Waals surface area contributed by atoms with Crippen LogP contribution in [0.25, 0.3) is 0 Å². The van der Waals surface area contributed by atoms with Crippen LogP contribution in [0.5, 0.6) is 0 Å². The second-order valence-electron chi connectivity index (χ2n) is 5.61. The number of hydrogen-bond donors (Lipinski definition) is 1. The molecule has 0 bridgehead atoms. The first-order chi connectivity index (χ1) is 7.88. The van der Waals surface area contributed by atoms with E-state index >= 15 is 0 Å². The summed E-state index contributed by atoms with van der Waals surface area (Å²) >= 11 is 2.24. The molecule has 2 rings (SSSR count). The van der Waals surface area contributed by atoms with E-state index in [1.54, 1.807) is 0 Å². The van der Waals surface area contributed by atoms with E-state index in [0.29, 0.717) is 0 Å². The van der Waals surface area contributed by atoms with Crippen molar-refractivity contribution in [2.75, 3.05) is 12.8 Å². The molecule has 2 heteroatoms. The standard InChI is InChI=1S/C14H27NS/c1-15-13(10-12-6-2-3-7-12)11-16-14-8-4-5-9-14/h12-15H,2-11H2,1H3. The fourth-order valence-corrected chi connectivity index (χ4v) is 4.70. The Morgan fingerprint density at radius 1 is 1.06 bits per heavy atom. The van der Waals surface area contributed by atoms with Gasteiger partial charge >= 0.3 is 0 Å². The van der Waals surface area contributed by atoms with Gasteiger partial charge in [-0.3, -0.25) is 0 Å². The van der Waals surface area contributed by atoms with Crippen molar-refractivity contribution in [3.05, 3.63) is 0 Å². The summed E-state index contributed by atoms with van der Waals surface area (Å²) in [4.78, 5) is 0. The Balaban J connectivity index is 1.63. The third kappa shape index (κ3) is 3.96. The van der Waals surface area contributed by atoms with Crippen LogP contribution < -0.4 is 5.32 Å². The normalized spacial score (nSPS) is 25.3.